The zero-order valence-electron chi connectivity index (χ0n) is 15.4. The third-order valence-corrected chi connectivity index (χ3v) is 4.69. The van der Waals surface area contributed by atoms with Crippen LogP contribution in [0.3, 0.4) is 0 Å². The highest BCUT2D eigenvalue weighted by Gasteiger charge is 2.22. The number of nitrogens with two attached hydrogens (primary N) is 1. The van der Waals surface area contributed by atoms with Gasteiger partial charge in [0.25, 0.3) is 0 Å². The van der Waals surface area contributed by atoms with Gasteiger partial charge in [0.15, 0.2) is 5.96 Å². The minimum absolute atomic E-state index is 0.145. The monoisotopic (exact) mass is 344 g/mol. The van der Waals surface area contributed by atoms with E-state index < -0.39 is 0 Å². The highest BCUT2D eigenvalue weighted by molar-refractivity contribution is 5.92. The largest absolute Gasteiger partial charge is 0.370 e. The van der Waals surface area contributed by atoms with E-state index in [1.165, 1.54) is 19.3 Å². The lowest BCUT2D eigenvalue weighted by Gasteiger charge is -2.11. The van der Waals surface area contributed by atoms with Crippen molar-refractivity contribution >= 4 is 17.6 Å². The summed E-state index contributed by atoms with van der Waals surface area (Å²) >= 11 is 0. The van der Waals surface area contributed by atoms with Crippen LogP contribution in [0.4, 0.5) is 5.69 Å². The van der Waals surface area contributed by atoms with Crippen LogP contribution in [0.15, 0.2) is 29.3 Å². The Kier molecular flexibility index (Phi) is 8.29. The first kappa shape index (κ1) is 19.3. The summed E-state index contributed by atoms with van der Waals surface area (Å²) in [5.74, 6) is 0.803. The number of unbranched alkanes of at least 4 members (excludes halogenated alkanes) is 3. The van der Waals surface area contributed by atoms with Gasteiger partial charge in [-0.3, -0.25) is 4.79 Å². The average molecular weight is 345 g/mol. The molecule has 0 spiro atoms. The van der Waals surface area contributed by atoms with Crippen LogP contribution in [0.1, 0.15) is 63.9 Å². The number of rotatable bonds is 9. The Morgan fingerprint density at radius 3 is 2.80 bits per heavy atom. The Morgan fingerprint density at radius 2 is 2.04 bits per heavy atom. The highest BCUT2D eigenvalue weighted by atomic mass is 16.1. The summed E-state index contributed by atoms with van der Waals surface area (Å²) < 4.78 is 0. The fourth-order valence-corrected chi connectivity index (χ4v) is 3.18. The Balaban J connectivity index is 1.78. The van der Waals surface area contributed by atoms with Crippen LogP contribution in [-0.4, -0.2) is 18.4 Å². The molecular formula is C20H32N4O. The molecule has 0 heterocycles. The minimum atomic E-state index is 0.145. The van der Waals surface area contributed by atoms with E-state index in [0.717, 1.165) is 49.9 Å². The molecule has 25 heavy (non-hydrogen) atoms. The zero-order valence-corrected chi connectivity index (χ0v) is 15.4. The second-order valence-corrected chi connectivity index (χ2v) is 6.86. The molecule has 2 rings (SSSR count). The molecule has 5 nitrogen and oxygen atoms in total. The number of anilines is 1. The maximum atomic E-state index is 12.2. The smallest absolute Gasteiger partial charge is 0.227 e. The molecule has 0 bridgehead atoms. The maximum absolute atomic E-state index is 12.2. The number of hydrogen-bond acceptors (Lipinski definition) is 2. The number of aliphatic imine (C=N–C) groups is 1. The van der Waals surface area contributed by atoms with E-state index in [1.54, 1.807) is 0 Å². The molecular weight excluding hydrogens is 312 g/mol. The number of carbonyl (C=O) groups is 1. The lowest BCUT2D eigenvalue weighted by Crippen LogP contribution is -2.32. The summed E-state index contributed by atoms with van der Waals surface area (Å²) in [5, 5.41) is 6.19. The predicted molar refractivity (Wildman–Crippen MR) is 105 cm³/mol. The molecule has 0 aliphatic heterocycles. The SMILES string of the molecule is CCCCCCNC(N)=NCc1cccc(NC(=O)C2CCCC2)c1. The standard InChI is InChI=1S/C20H32N4O/c1-2-3-4-7-13-22-20(21)23-15-16-9-8-12-18(14-16)24-19(25)17-10-5-6-11-17/h8-9,12,14,17H,2-7,10-11,13,15H2,1H3,(H,24,25)(H3,21,22,23). The molecule has 0 aromatic heterocycles. The summed E-state index contributed by atoms with van der Waals surface area (Å²) in [4.78, 5) is 16.6. The molecule has 0 saturated heterocycles. The summed E-state index contributed by atoms with van der Waals surface area (Å²) in [5.41, 5.74) is 7.79. The van der Waals surface area contributed by atoms with Crippen molar-refractivity contribution in [3.05, 3.63) is 29.8 Å². The van der Waals surface area contributed by atoms with E-state index in [2.05, 4.69) is 22.5 Å². The maximum Gasteiger partial charge on any atom is 0.227 e. The van der Waals surface area contributed by atoms with Crippen molar-refractivity contribution in [3.8, 4) is 0 Å². The summed E-state index contributed by atoms with van der Waals surface area (Å²) in [7, 11) is 0. The molecule has 1 aliphatic carbocycles. The number of amides is 1. The average Bonchev–Trinajstić information content (AvgIpc) is 3.15. The van der Waals surface area contributed by atoms with Gasteiger partial charge in [-0.15, -0.1) is 0 Å². The van der Waals surface area contributed by atoms with Crippen LogP contribution in [0.5, 0.6) is 0 Å². The second-order valence-electron chi connectivity index (χ2n) is 6.86. The molecule has 1 fully saturated rings. The van der Waals surface area contributed by atoms with Crippen LogP contribution in [0.25, 0.3) is 0 Å². The zero-order chi connectivity index (χ0) is 17.9. The van der Waals surface area contributed by atoms with Gasteiger partial charge in [-0.25, -0.2) is 4.99 Å². The molecule has 0 unspecified atom stereocenters. The van der Waals surface area contributed by atoms with E-state index in [9.17, 15) is 4.79 Å². The van der Waals surface area contributed by atoms with Gasteiger partial charge in [-0.1, -0.05) is 51.2 Å². The molecule has 0 atom stereocenters. The van der Waals surface area contributed by atoms with Gasteiger partial charge in [0.1, 0.15) is 0 Å². The van der Waals surface area contributed by atoms with E-state index in [-0.39, 0.29) is 11.8 Å². The van der Waals surface area contributed by atoms with Crippen LogP contribution < -0.4 is 16.4 Å². The molecule has 1 aromatic rings. The number of guanidine groups is 1. The quantitative estimate of drug-likeness (QED) is 0.362. The number of nitrogens with zero attached hydrogens (tertiary/aromatic N) is 1. The van der Waals surface area contributed by atoms with Crippen molar-refractivity contribution in [1.82, 2.24) is 5.32 Å². The van der Waals surface area contributed by atoms with Gasteiger partial charge in [-0.05, 0) is 37.0 Å². The molecule has 0 radical (unpaired) electrons. The van der Waals surface area contributed by atoms with Crippen molar-refractivity contribution in [2.24, 2.45) is 16.6 Å². The summed E-state index contributed by atoms with van der Waals surface area (Å²) in [6.45, 7) is 3.58. The number of hydrogen-bond donors (Lipinski definition) is 3. The van der Waals surface area contributed by atoms with E-state index in [1.807, 2.05) is 24.3 Å². The fraction of sp³-hybridized carbons (Fsp3) is 0.600. The number of carbonyl (C=O) groups excluding carboxylic acids is 1. The first-order valence-electron chi connectivity index (χ1n) is 9.62. The van der Waals surface area contributed by atoms with Gasteiger partial charge in [0.05, 0.1) is 6.54 Å². The van der Waals surface area contributed by atoms with Crippen LogP contribution >= 0.6 is 0 Å². The third kappa shape index (κ3) is 7.16. The van der Waals surface area contributed by atoms with Crippen molar-refractivity contribution in [1.29, 1.82) is 0 Å². The highest BCUT2D eigenvalue weighted by Crippen LogP contribution is 2.26. The van der Waals surface area contributed by atoms with Crippen LogP contribution in [-0.2, 0) is 11.3 Å². The van der Waals surface area contributed by atoms with Crippen molar-refractivity contribution in [3.63, 3.8) is 0 Å². The normalized spacial score (nSPS) is 15.3. The Bertz CT molecular complexity index is 565. The van der Waals surface area contributed by atoms with Gasteiger partial charge in [0.2, 0.25) is 5.91 Å². The first-order chi connectivity index (χ1) is 12.2. The minimum Gasteiger partial charge on any atom is -0.370 e. The fourth-order valence-electron chi connectivity index (χ4n) is 3.18. The topological polar surface area (TPSA) is 79.5 Å². The Hall–Kier alpha value is -2.04. The summed E-state index contributed by atoms with van der Waals surface area (Å²) in [6.07, 6.45) is 9.18. The van der Waals surface area contributed by atoms with E-state index >= 15 is 0 Å². The predicted octanol–water partition coefficient (Wildman–Crippen LogP) is 3.80. The molecule has 5 heteroatoms. The summed E-state index contributed by atoms with van der Waals surface area (Å²) in [6, 6.07) is 7.85. The van der Waals surface area contributed by atoms with Crippen molar-refractivity contribution in [2.45, 2.75) is 64.8 Å². The first-order valence-corrected chi connectivity index (χ1v) is 9.62. The lowest BCUT2D eigenvalue weighted by atomic mass is 10.1. The second kappa shape index (κ2) is 10.7. The van der Waals surface area contributed by atoms with Gasteiger partial charge in [-0.2, -0.15) is 0 Å². The van der Waals surface area contributed by atoms with Gasteiger partial charge >= 0.3 is 0 Å². The molecule has 1 aromatic carbocycles. The number of benzene rings is 1. The molecule has 138 valence electrons. The van der Waals surface area contributed by atoms with Gasteiger partial charge in [0, 0.05) is 18.2 Å². The Morgan fingerprint density at radius 1 is 1.24 bits per heavy atom. The Labute approximate surface area is 151 Å². The molecule has 1 saturated carbocycles. The lowest BCUT2D eigenvalue weighted by molar-refractivity contribution is -0.119. The molecule has 4 N–H and O–H groups in total. The van der Waals surface area contributed by atoms with Gasteiger partial charge < -0.3 is 16.4 Å². The molecule has 1 aliphatic rings. The molecule has 1 amide bonds. The van der Waals surface area contributed by atoms with Crippen LogP contribution in [0, 0.1) is 5.92 Å². The van der Waals surface area contributed by atoms with E-state index in [4.69, 9.17) is 5.73 Å². The van der Waals surface area contributed by atoms with Crippen molar-refractivity contribution < 1.29 is 4.79 Å². The third-order valence-electron chi connectivity index (χ3n) is 4.69. The van der Waals surface area contributed by atoms with Crippen LogP contribution in [0.2, 0.25) is 0 Å². The van der Waals surface area contributed by atoms with Crippen molar-refractivity contribution in [2.75, 3.05) is 11.9 Å². The number of nitrogens with one attached hydrogen (secondary N) is 2. The van der Waals surface area contributed by atoms with E-state index in [0.29, 0.717) is 12.5 Å².